The smallest absolute Gasteiger partial charge is 0.0685 e. The summed E-state index contributed by atoms with van der Waals surface area (Å²) >= 11 is 0. The molecule has 0 amide bonds. The van der Waals surface area contributed by atoms with E-state index in [2.05, 4.69) is 19.3 Å². The Morgan fingerprint density at radius 2 is 2.12 bits per heavy atom. The van der Waals surface area contributed by atoms with Crippen molar-refractivity contribution in [3.63, 3.8) is 0 Å². The van der Waals surface area contributed by atoms with Gasteiger partial charge in [-0.2, -0.15) is 0 Å². The van der Waals surface area contributed by atoms with Crippen LogP contribution >= 0.6 is 0 Å². The summed E-state index contributed by atoms with van der Waals surface area (Å²) in [5.74, 6) is 7.23. The molecule has 1 saturated carbocycles. The van der Waals surface area contributed by atoms with Crippen LogP contribution in [0.25, 0.3) is 0 Å². The first-order valence-corrected chi connectivity index (χ1v) is 7.25. The molecule has 3 nitrogen and oxygen atoms in total. The second kappa shape index (κ2) is 5.68. The van der Waals surface area contributed by atoms with E-state index in [0.717, 1.165) is 12.5 Å². The van der Waals surface area contributed by atoms with Crippen LogP contribution in [-0.2, 0) is 4.74 Å². The number of ether oxygens (including phenoxy) is 1. The highest BCUT2D eigenvalue weighted by molar-refractivity contribution is 4.96. The first kappa shape index (κ1) is 13.3. The van der Waals surface area contributed by atoms with Crippen molar-refractivity contribution in [2.45, 2.75) is 70.4 Å². The van der Waals surface area contributed by atoms with Gasteiger partial charge in [0.2, 0.25) is 0 Å². The Labute approximate surface area is 105 Å². The van der Waals surface area contributed by atoms with Crippen molar-refractivity contribution in [3.05, 3.63) is 0 Å². The Bertz CT molecular complexity index is 238. The summed E-state index contributed by atoms with van der Waals surface area (Å²) in [4.78, 5) is 0. The van der Waals surface area contributed by atoms with Gasteiger partial charge in [0.25, 0.3) is 0 Å². The minimum absolute atomic E-state index is 0.246. The van der Waals surface area contributed by atoms with Gasteiger partial charge in [-0.1, -0.05) is 13.8 Å². The first-order valence-electron chi connectivity index (χ1n) is 7.25. The molecule has 100 valence electrons. The van der Waals surface area contributed by atoms with E-state index < -0.39 is 0 Å². The fraction of sp³-hybridized carbons (Fsp3) is 1.00. The molecule has 0 aromatic rings. The second-order valence-electron chi connectivity index (χ2n) is 6.38. The predicted octanol–water partition coefficient (Wildman–Crippen LogP) is 2.60. The fourth-order valence-corrected chi connectivity index (χ4v) is 3.30. The van der Waals surface area contributed by atoms with Crippen molar-refractivity contribution in [3.8, 4) is 0 Å². The van der Waals surface area contributed by atoms with Crippen molar-refractivity contribution < 1.29 is 4.74 Å². The number of nitrogens with one attached hydrogen (secondary N) is 1. The highest BCUT2D eigenvalue weighted by Gasteiger charge is 2.43. The Morgan fingerprint density at radius 3 is 2.65 bits per heavy atom. The van der Waals surface area contributed by atoms with Gasteiger partial charge in [0.1, 0.15) is 0 Å². The molecule has 2 unspecified atom stereocenters. The van der Waals surface area contributed by atoms with Gasteiger partial charge in [0.15, 0.2) is 0 Å². The molecular weight excluding hydrogens is 212 g/mol. The second-order valence-corrected chi connectivity index (χ2v) is 6.38. The first-order chi connectivity index (χ1) is 8.15. The van der Waals surface area contributed by atoms with Crippen LogP contribution < -0.4 is 11.3 Å². The molecule has 1 aliphatic heterocycles. The summed E-state index contributed by atoms with van der Waals surface area (Å²) < 4.78 is 5.98. The van der Waals surface area contributed by atoms with Crippen molar-refractivity contribution in [2.24, 2.45) is 17.7 Å². The summed E-state index contributed by atoms with van der Waals surface area (Å²) in [6, 6.07) is 0.485. The van der Waals surface area contributed by atoms with Gasteiger partial charge in [-0.3, -0.25) is 11.3 Å². The number of nitrogens with two attached hydrogens (primary N) is 1. The molecule has 0 radical (unpaired) electrons. The van der Waals surface area contributed by atoms with Crippen molar-refractivity contribution in [2.75, 3.05) is 6.61 Å². The third-order valence-electron chi connectivity index (χ3n) is 4.63. The maximum atomic E-state index is 5.98. The quantitative estimate of drug-likeness (QED) is 0.573. The number of hydrogen-bond donors (Lipinski definition) is 2. The van der Waals surface area contributed by atoms with E-state index in [9.17, 15) is 0 Å². The van der Waals surface area contributed by atoms with Crippen molar-refractivity contribution in [1.82, 2.24) is 5.43 Å². The third kappa shape index (κ3) is 3.21. The molecule has 3 heteroatoms. The highest BCUT2D eigenvalue weighted by Crippen LogP contribution is 2.45. The monoisotopic (exact) mass is 240 g/mol. The van der Waals surface area contributed by atoms with E-state index >= 15 is 0 Å². The van der Waals surface area contributed by atoms with Gasteiger partial charge in [-0.05, 0) is 56.8 Å². The molecule has 2 fully saturated rings. The number of hydrogen-bond acceptors (Lipinski definition) is 3. The maximum Gasteiger partial charge on any atom is 0.0685 e. The third-order valence-corrected chi connectivity index (χ3v) is 4.63. The Hall–Kier alpha value is -0.120. The van der Waals surface area contributed by atoms with Crippen LogP contribution in [0.1, 0.15) is 58.8 Å². The van der Waals surface area contributed by atoms with Crippen LogP contribution in [-0.4, -0.2) is 18.2 Å². The van der Waals surface area contributed by atoms with E-state index in [4.69, 9.17) is 10.6 Å². The molecule has 1 heterocycles. The van der Waals surface area contributed by atoms with Crippen LogP contribution in [0.5, 0.6) is 0 Å². The van der Waals surface area contributed by atoms with Crippen LogP contribution in [0, 0.1) is 11.8 Å². The summed E-state index contributed by atoms with van der Waals surface area (Å²) in [7, 11) is 0. The summed E-state index contributed by atoms with van der Waals surface area (Å²) in [5.41, 5.74) is 3.30. The van der Waals surface area contributed by atoms with E-state index in [1.807, 2.05) is 0 Å². The minimum Gasteiger partial charge on any atom is -0.375 e. The molecule has 1 spiro atoms. The van der Waals surface area contributed by atoms with E-state index in [1.54, 1.807) is 0 Å². The summed E-state index contributed by atoms with van der Waals surface area (Å²) in [6.45, 7) is 5.50. The highest BCUT2D eigenvalue weighted by atomic mass is 16.5. The molecule has 2 atom stereocenters. The van der Waals surface area contributed by atoms with E-state index in [0.29, 0.717) is 12.0 Å². The lowest BCUT2D eigenvalue weighted by Gasteiger charge is -2.48. The zero-order valence-electron chi connectivity index (χ0n) is 11.4. The molecule has 1 saturated heterocycles. The summed E-state index contributed by atoms with van der Waals surface area (Å²) in [5, 5.41) is 0. The zero-order chi connectivity index (χ0) is 12.3. The molecule has 3 N–H and O–H groups in total. The van der Waals surface area contributed by atoms with E-state index in [1.165, 1.54) is 44.9 Å². The average Bonchev–Trinajstić information content (AvgIpc) is 2.28. The van der Waals surface area contributed by atoms with Crippen LogP contribution in [0.3, 0.4) is 0 Å². The van der Waals surface area contributed by atoms with Crippen LogP contribution in [0.4, 0.5) is 0 Å². The van der Waals surface area contributed by atoms with Crippen molar-refractivity contribution in [1.29, 1.82) is 0 Å². The maximum absolute atomic E-state index is 5.98. The largest absolute Gasteiger partial charge is 0.375 e. The Balaban J connectivity index is 1.85. The molecule has 1 aliphatic carbocycles. The lowest BCUT2D eigenvalue weighted by molar-refractivity contribution is -0.147. The molecule has 0 aromatic carbocycles. The lowest BCUT2D eigenvalue weighted by atomic mass is 9.70. The van der Waals surface area contributed by atoms with Gasteiger partial charge in [-0.15, -0.1) is 0 Å². The summed E-state index contributed by atoms with van der Waals surface area (Å²) in [6.07, 6.45) is 8.75. The SMILES string of the molecule is CC(C)CCC(NN)C1CCOC2(CCC2)C1. The minimum atomic E-state index is 0.246. The van der Waals surface area contributed by atoms with Crippen molar-refractivity contribution >= 4 is 0 Å². The Kier molecular flexibility index (Phi) is 4.45. The molecule has 0 aromatic heterocycles. The predicted molar refractivity (Wildman–Crippen MR) is 70.4 cm³/mol. The average molecular weight is 240 g/mol. The number of rotatable bonds is 5. The number of hydrazine groups is 1. The standard InChI is InChI=1S/C14H28N2O/c1-11(2)4-5-13(16-15)12-6-9-17-14(10-12)7-3-8-14/h11-13,16H,3-10,15H2,1-2H3. The van der Waals surface area contributed by atoms with E-state index in [-0.39, 0.29) is 5.60 Å². The Morgan fingerprint density at radius 1 is 1.35 bits per heavy atom. The van der Waals surface area contributed by atoms with Gasteiger partial charge in [0.05, 0.1) is 5.60 Å². The molecule has 2 rings (SSSR count). The lowest BCUT2D eigenvalue weighted by Crippen LogP contribution is -2.51. The normalized spacial score (nSPS) is 29.3. The van der Waals surface area contributed by atoms with Gasteiger partial charge in [0, 0.05) is 12.6 Å². The molecule has 2 aliphatic rings. The van der Waals surface area contributed by atoms with Crippen LogP contribution in [0.2, 0.25) is 0 Å². The molecule has 17 heavy (non-hydrogen) atoms. The zero-order valence-corrected chi connectivity index (χ0v) is 11.4. The fourth-order valence-electron chi connectivity index (χ4n) is 3.30. The van der Waals surface area contributed by atoms with Gasteiger partial charge < -0.3 is 4.74 Å². The molecule has 0 bridgehead atoms. The topological polar surface area (TPSA) is 47.3 Å². The molecular formula is C14H28N2O. The van der Waals surface area contributed by atoms with Gasteiger partial charge >= 0.3 is 0 Å². The van der Waals surface area contributed by atoms with Gasteiger partial charge in [-0.25, -0.2) is 0 Å². The van der Waals surface area contributed by atoms with Crippen LogP contribution in [0.15, 0.2) is 0 Å².